The fourth-order valence-electron chi connectivity index (χ4n) is 3.50. The van der Waals surface area contributed by atoms with E-state index in [1.165, 1.54) is 4.90 Å². The van der Waals surface area contributed by atoms with E-state index in [1.807, 2.05) is 0 Å². The lowest BCUT2D eigenvalue weighted by Gasteiger charge is -2.20. The number of ether oxygens (including phenoxy) is 2. The number of rotatable bonds is 5. The minimum Gasteiger partial charge on any atom is -0.483 e. The van der Waals surface area contributed by atoms with Crippen LogP contribution in [0.1, 0.15) is 11.1 Å². The zero-order valence-corrected chi connectivity index (χ0v) is 17.8. The second kappa shape index (κ2) is 9.35. The Morgan fingerprint density at radius 3 is 2.40 bits per heavy atom. The molecular weight excluding hydrogens is 480 g/mol. The highest BCUT2D eigenvalue weighted by Crippen LogP contribution is 2.39. The number of pyridine rings is 1. The molecule has 1 N–H and O–H groups in total. The van der Waals surface area contributed by atoms with Gasteiger partial charge in [-0.25, -0.2) is 4.79 Å². The average Bonchev–Trinajstić information content (AvgIpc) is 3.21. The maximum atomic E-state index is 13.4. The van der Waals surface area contributed by atoms with Crippen molar-refractivity contribution in [1.82, 2.24) is 4.98 Å². The minimum absolute atomic E-state index is 0.243. The van der Waals surface area contributed by atoms with Crippen LogP contribution in [0.15, 0.2) is 60.9 Å². The lowest BCUT2D eigenvalue weighted by molar-refractivity contribution is -0.158. The molecule has 3 aromatic rings. The van der Waals surface area contributed by atoms with Gasteiger partial charge in [0, 0.05) is 30.3 Å². The summed E-state index contributed by atoms with van der Waals surface area (Å²) < 4.78 is 87.3. The molecule has 35 heavy (non-hydrogen) atoms. The van der Waals surface area contributed by atoms with Gasteiger partial charge in [0.2, 0.25) is 0 Å². The van der Waals surface area contributed by atoms with Gasteiger partial charge in [0.15, 0.2) is 6.61 Å². The number of urea groups is 1. The number of benzene rings is 2. The SMILES string of the molecule is O=C(Nc1ccc(OCC(F)(F)F)c(C(F)(F)F)c1)N1CCc2cc(Oc3ccncc3)ccc21. The monoisotopic (exact) mass is 497 g/mol. The number of aromatic nitrogens is 1. The molecule has 0 spiro atoms. The van der Waals surface area contributed by atoms with Gasteiger partial charge in [-0.2, -0.15) is 26.3 Å². The summed E-state index contributed by atoms with van der Waals surface area (Å²) in [4.78, 5) is 18.0. The third-order valence-electron chi connectivity index (χ3n) is 5.00. The molecule has 1 aliphatic heterocycles. The first-order valence-corrected chi connectivity index (χ1v) is 10.2. The highest BCUT2D eigenvalue weighted by Gasteiger charge is 2.37. The Kier molecular flexibility index (Phi) is 6.46. The Bertz CT molecular complexity index is 1220. The third kappa shape index (κ3) is 5.94. The van der Waals surface area contributed by atoms with E-state index in [9.17, 15) is 31.1 Å². The maximum absolute atomic E-state index is 13.4. The molecule has 0 fully saturated rings. The largest absolute Gasteiger partial charge is 0.483 e. The number of halogens is 6. The van der Waals surface area contributed by atoms with Gasteiger partial charge in [-0.3, -0.25) is 9.88 Å². The van der Waals surface area contributed by atoms with E-state index in [0.717, 1.165) is 17.7 Å². The van der Waals surface area contributed by atoms with Crippen molar-refractivity contribution >= 4 is 17.4 Å². The Hall–Kier alpha value is -3.96. The topological polar surface area (TPSA) is 63.7 Å². The summed E-state index contributed by atoms with van der Waals surface area (Å²) in [6, 6.07) is 10.1. The van der Waals surface area contributed by atoms with Gasteiger partial charge in [-0.05, 0) is 60.5 Å². The molecular formula is C23H17F6N3O3. The van der Waals surface area contributed by atoms with Crippen molar-refractivity contribution in [3.63, 3.8) is 0 Å². The van der Waals surface area contributed by atoms with E-state index >= 15 is 0 Å². The summed E-state index contributed by atoms with van der Waals surface area (Å²) in [5, 5.41) is 2.36. The number of alkyl halides is 6. The zero-order chi connectivity index (χ0) is 25.2. The predicted octanol–water partition coefficient (Wildman–Crippen LogP) is 6.43. The van der Waals surface area contributed by atoms with Crippen LogP contribution < -0.4 is 19.7 Å². The first kappa shape index (κ1) is 24.2. The van der Waals surface area contributed by atoms with Crippen LogP contribution in [0.5, 0.6) is 17.2 Å². The highest BCUT2D eigenvalue weighted by molar-refractivity contribution is 6.03. The maximum Gasteiger partial charge on any atom is 0.422 e. The van der Waals surface area contributed by atoms with E-state index < -0.39 is 36.3 Å². The molecule has 0 saturated carbocycles. The summed E-state index contributed by atoms with van der Waals surface area (Å²) >= 11 is 0. The van der Waals surface area contributed by atoms with Crippen LogP contribution in [0.3, 0.4) is 0 Å². The van der Waals surface area contributed by atoms with Crippen molar-refractivity contribution in [2.45, 2.75) is 18.8 Å². The van der Waals surface area contributed by atoms with Crippen molar-refractivity contribution in [2.75, 3.05) is 23.4 Å². The fourth-order valence-corrected chi connectivity index (χ4v) is 3.50. The second-order valence-corrected chi connectivity index (χ2v) is 7.52. The molecule has 0 aliphatic carbocycles. The standard InChI is InChI=1S/C23H17F6N3O3/c24-22(25,26)13-34-20-4-1-15(12-18(20)23(27,28)29)31-21(33)32-10-7-14-11-17(2-3-19(14)32)35-16-5-8-30-9-6-16/h1-6,8-9,11-12H,7,10,13H2,(H,31,33). The highest BCUT2D eigenvalue weighted by atomic mass is 19.4. The van der Waals surface area contributed by atoms with Crippen LogP contribution in [-0.4, -0.2) is 30.3 Å². The Balaban J connectivity index is 1.48. The van der Waals surface area contributed by atoms with Gasteiger partial charge in [-0.1, -0.05) is 0 Å². The van der Waals surface area contributed by atoms with Crippen LogP contribution in [0.25, 0.3) is 0 Å². The van der Waals surface area contributed by atoms with E-state index in [1.54, 1.807) is 42.7 Å². The summed E-state index contributed by atoms with van der Waals surface area (Å²) in [5.41, 5.74) is -0.309. The van der Waals surface area contributed by atoms with Gasteiger partial charge in [0.25, 0.3) is 0 Å². The average molecular weight is 497 g/mol. The van der Waals surface area contributed by atoms with Crippen LogP contribution in [0.2, 0.25) is 0 Å². The van der Waals surface area contributed by atoms with Gasteiger partial charge in [0.05, 0.1) is 5.56 Å². The number of fused-ring (bicyclic) bond motifs is 1. The van der Waals surface area contributed by atoms with E-state index in [2.05, 4.69) is 15.0 Å². The second-order valence-electron chi connectivity index (χ2n) is 7.52. The number of nitrogens with one attached hydrogen (secondary N) is 1. The zero-order valence-electron chi connectivity index (χ0n) is 17.8. The molecule has 0 radical (unpaired) electrons. The third-order valence-corrected chi connectivity index (χ3v) is 5.00. The quantitative estimate of drug-likeness (QED) is 0.413. The van der Waals surface area contributed by atoms with E-state index in [0.29, 0.717) is 29.7 Å². The first-order chi connectivity index (χ1) is 16.5. The number of hydrogen-bond donors (Lipinski definition) is 1. The lowest BCUT2D eigenvalue weighted by Crippen LogP contribution is -2.33. The molecule has 1 aromatic heterocycles. The van der Waals surface area contributed by atoms with E-state index in [4.69, 9.17) is 4.74 Å². The van der Waals surface area contributed by atoms with Crippen molar-refractivity contribution in [2.24, 2.45) is 0 Å². The Morgan fingerprint density at radius 2 is 1.71 bits per heavy atom. The normalized spacial score (nSPS) is 13.4. The molecule has 0 saturated heterocycles. The molecule has 12 heteroatoms. The number of carbonyl (C=O) groups excluding carboxylic acids is 1. The Morgan fingerprint density at radius 1 is 0.971 bits per heavy atom. The van der Waals surface area contributed by atoms with Gasteiger partial charge < -0.3 is 14.8 Å². The minimum atomic E-state index is -4.99. The van der Waals surface area contributed by atoms with Gasteiger partial charge >= 0.3 is 18.4 Å². The van der Waals surface area contributed by atoms with E-state index in [-0.39, 0.29) is 12.2 Å². The van der Waals surface area contributed by atoms with Crippen LogP contribution in [0, 0.1) is 0 Å². The summed E-state index contributed by atoms with van der Waals surface area (Å²) in [7, 11) is 0. The molecule has 2 amide bonds. The number of nitrogens with zero attached hydrogens (tertiary/aromatic N) is 2. The number of hydrogen-bond acceptors (Lipinski definition) is 4. The smallest absolute Gasteiger partial charge is 0.422 e. The van der Waals surface area contributed by atoms with Crippen molar-refractivity contribution in [3.8, 4) is 17.2 Å². The van der Waals surface area contributed by atoms with Crippen molar-refractivity contribution in [1.29, 1.82) is 0 Å². The number of anilines is 2. The summed E-state index contributed by atoms with van der Waals surface area (Å²) in [6.07, 6.45) is -6.15. The first-order valence-electron chi connectivity index (χ1n) is 10.2. The molecule has 0 bridgehead atoms. The number of amides is 2. The summed E-state index contributed by atoms with van der Waals surface area (Å²) in [5.74, 6) is 0.137. The van der Waals surface area contributed by atoms with Crippen LogP contribution in [0.4, 0.5) is 42.5 Å². The molecule has 0 unspecified atom stereocenters. The molecule has 4 rings (SSSR count). The molecule has 0 atom stereocenters. The Labute approximate surface area is 195 Å². The molecule has 1 aliphatic rings. The van der Waals surface area contributed by atoms with Gasteiger partial charge in [0.1, 0.15) is 17.2 Å². The fraction of sp³-hybridized carbons (Fsp3) is 0.217. The molecule has 2 aromatic carbocycles. The van der Waals surface area contributed by atoms with Crippen LogP contribution >= 0.6 is 0 Å². The van der Waals surface area contributed by atoms with Crippen LogP contribution in [-0.2, 0) is 12.6 Å². The van der Waals surface area contributed by atoms with Crippen molar-refractivity contribution < 1.29 is 40.6 Å². The summed E-state index contributed by atoms with van der Waals surface area (Å²) in [6.45, 7) is -1.60. The molecule has 184 valence electrons. The molecule has 2 heterocycles. The van der Waals surface area contributed by atoms with Gasteiger partial charge in [-0.15, -0.1) is 0 Å². The predicted molar refractivity (Wildman–Crippen MR) is 114 cm³/mol. The molecule has 6 nitrogen and oxygen atoms in total. The van der Waals surface area contributed by atoms with Crippen molar-refractivity contribution in [3.05, 3.63) is 72.1 Å². The lowest BCUT2D eigenvalue weighted by atomic mass is 10.1. The number of carbonyl (C=O) groups is 1.